The molecule has 0 saturated carbocycles. The summed E-state index contributed by atoms with van der Waals surface area (Å²) >= 11 is 0. The molecule has 24 heavy (non-hydrogen) atoms. The van der Waals surface area contributed by atoms with E-state index in [1.165, 1.54) is 6.07 Å². The average molecular weight is 334 g/mol. The fourth-order valence-electron chi connectivity index (χ4n) is 3.03. The number of hydrogen-bond donors (Lipinski definition) is 2. The zero-order chi connectivity index (χ0) is 17.4. The van der Waals surface area contributed by atoms with Crippen LogP contribution in [0.5, 0.6) is 0 Å². The number of rotatable bonds is 4. The topological polar surface area (TPSA) is 99.8 Å². The van der Waals surface area contributed by atoms with Crippen LogP contribution in [0.4, 0.5) is 10.1 Å². The highest BCUT2D eigenvalue weighted by atomic mass is 19.1. The first-order chi connectivity index (χ1) is 11.4. The van der Waals surface area contributed by atoms with Crippen LogP contribution in [-0.4, -0.2) is 39.8 Å². The van der Waals surface area contributed by atoms with E-state index < -0.39 is 35.3 Å². The van der Waals surface area contributed by atoms with Gasteiger partial charge in [-0.3, -0.25) is 9.59 Å². The molecule has 2 aromatic rings. The largest absolute Gasteiger partial charge is 0.480 e. The third kappa shape index (κ3) is 2.70. The Morgan fingerprint density at radius 1 is 1.17 bits per heavy atom. The van der Waals surface area contributed by atoms with Crippen molar-refractivity contribution in [3.05, 3.63) is 39.9 Å². The number of hydrogen-bond acceptors (Lipinski definition) is 4. The number of anilines is 1. The number of aromatic nitrogens is 1. The molecule has 0 bridgehead atoms. The van der Waals surface area contributed by atoms with Gasteiger partial charge in [-0.2, -0.15) is 0 Å². The molecule has 1 aromatic heterocycles. The molecule has 0 aliphatic carbocycles. The van der Waals surface area contributed by atoms with Gasteiger partial charge in [0, 0.05) is 24.7 Å². The summed E-state index contributed by atoms with van der Waals surface area (Å²) in [5.41, 5.74) is -0.916. The predicted molar refractivity (Wildman–Crippen MR) is 84.2 cm³/mol. The van der Waals surface area contributed by atoms with Crippen LogP contribution in [0.2, 0.25) is 0 Å². The minimum atomic E-state index is -1.48. The van der Waals surface area contributed by atoms with Crippen LogP contribution in [0.1, 0.15) is 23.2 Å². The number of pyridine rings is 1. The third-order valence-electron chi connectivity index (χ3n) is 4.13. The second-order valence-corrected chi connectivity index (χ2v) is 5.71. The number of fused-ring (bicyclic) bond motifs is 1. The summed E-state index contributed by atoms with van der Waals surface area (Å²) in [5, 5.41) is 18.0. The molecule has 0 spiro atoms. The molecule has 2 N–H and O–H groups in total. The molecule has 0 unspecified atom stereocenters. The molecule has 0 amide bonds. The van der Waals surface area contributed by atoms with E-state index in [1.807, 2.05) is 4.90 Å². The van der Waals surface area contributed by atoms with Crippen molar-refractivity contribution in [2.24, 2.45) is 0 Å². The van der Waals surface area contributed by atoms with Crippen LogP contribution >= 0.6 is 0 Å². The number of carboxylic acids is 2. The van der Waals surface area contributed by atoms with E-state index in [2.05, 4.69) is 0 Å². The molecule has 1 aromatic carbocycles. The Kier molecular flexibility index (Phi) is 3.96. The van der Waals surface area contributed by atoms with Crippen LogP contribution < -0.4 is 10.3 Å². The molecule has 1 fully saturated rings. The highest BCUT2D eigenvalue weighted by molar-refractivity contribution is 5.94. The van der Waals surface area contributed by atoms with Crippen molar-refractivity contribution in [3.8, 4) is 0 Å². The van der Waals surface area contributed by atoms with Crippen molar-refractivity contribution in [1.82, 2.24) is 4.57 Å². The lowest BCUT2D eigenvalue weighted by molar-refractivity contribution is -0.137. The Bertz CT molecular complexity index is 899. The average Bonchev–Trinajstić information content (AvgIpc) is 3.03. The van der Waals surface area contributed by atoms with Crippen LogP contribution in [0, 0.1) is 5.82 Å². The second kappa shape index (κ2) is 5.95. The number of nitrogens with zero attached hydrogens (tertiary/aromatic N) is 2. The Labute approximate surface area is 135 Å². The smallest absolute Gasteiger partial charge is 0.341 e. The minimum absolute atomic E-state index is 0.142. The minimum Gasteiger partial charge on any atom is -0.480 e. The van der Waals surface area contributed by atoms with Gasteiger partial charge in [-0.15, -0.1) is 0 Å². The molecule has 1 aliphatic heterocycles. The van der Waals surface area contributed by atoms with Crippen LogP contribution in [0.3, 0.4) is 0 Å². The summed E-state index contributed by atoms with van der Waals surface area (Å²) in [6, 6.07) is 2.42. The first kappa shape index (κ1) is 16.0. The predicted octanol–water partition coefficient (Wildman–Crippen LogP) is 1.52. The molecule has 1 saturated heterocycles. The molecule has 8 heteroatoms. The van der Waals surface area contributed by atoms with E-state index >= 15 is 0 Å². The van der Waals surface area contributed by atoms with E-state index in [-0.39, 0.29) is 10.9 Å². The monoisotopic (exact) mass is 334 g/mol. The maximum atomic E-state index is 14.4. The van der Waals surface area contributed by atoms with Crippen molar-refractivity contribution in [2.45, 2.75) is 19.4 Å². The molecule has 0 atom stereocenters. The zero-order valence-corrected chi connectivity index (χ0v) is 12.7. The van der Waals surface area contributed by atoms with Crippen LogP contribution in [-0.2, 0) is 11.3 Å². The number of aromatic carboxylic acids is 1. The Balaban J connectivity index is 2.30. The molecule has 3 rings (SSSR count). The normalized spacial score (nSPS) is 14.3. The summed E-state index contributed by atoms with van der Waals surface area (Å²) in [7, 11) is 0. The summed E-state index contributed by atoms with van der Waals surface area (Å²) < 4.78 is 15.6. The molecular weight excluding hydrogens is 319 g/mol. The van der Waals surface area contributed by atoms with Crippen LogP contribution in [0.15, 0.2) is 23.1 Å². The standard InChI is InChI=1S/C16H15FN2O5/c17-11-5-9-12(6-13(11)18-3-1-2-4-18)19(8-14(20)21)7-10(15(9)22)16(23)24/h5-7H,1-4,8H2,(H,20,21)(H,23,24). The molecule has 1 aliphatic rings. The lowest BCUT2D eigenvalue weighted by atomic mass is 10.1. The van der Waals surface area contributed by atoms with Crippen molar-refractivity contribution in [2.75, 3.05) is 18.0 Å². The van der Waals surface area contributed by atoms with E-state index in [1.54, 1.807) is 0 Å². The fraction of sp³-hybridized carbons (Fsp3) is 0.312. The van der Waals surface area contributed by atoms with Crippen LogP contribution in [0.25, 0.3) is 10.9 Å². The number of aliphatic carboxylic acids is 1. The fourth-order valence-corrected chi connectivity index (χ4v) is 3.03. The first-order valence-electron chi connectivity index (χ1n) is 7.45. The molecule has 0 radical (unpaired) electrons. The van der Waals surface area contributed by atoms with E-state index in [9.17, 15) is 18.8 Å². The lowest BCUT2D eigenvalue weighted by Gasteiger charge is -2.20. The van der Waals surface area contributed by atoms with Gasteiger partial charge in [0.05, 0.1) is 11.2 Å². The van der Waals surface area contributed by atoms with Crippen molar-refractivity contribution >= 4 is 28.5 Å². The van der Waals surface area contributed by atoms with Gasteiger partial charge in [0.25, 0.3) is 0 Å². The molecule has 126 valence electrons. The van der Waals surface area contributed by atoms with Gasteiger partial charge in [-0.25, -0.2) is 9.18 Å². The van der Waals surface area contributed by atoms with E-state index in [4.69, 9.17) is 10.2 Å². The Hall–Kier alpha value is -2.90. The second-order valence-electron chi connectivity index (χ2n) is 5.71. The van der Waals surface area contributed by atoms with Gasteiger partial charge in [0.2, 0.25) is 5.43 Å². The molecule has 7 nitrogen and oxygen atoms in total. The number of carbonyl (C=O) groups is 2. The van der Waals surface area contributed by atoms with Crippen molar-refractivity contribution < 1.29 is 24.2 Å². The maximum Gasteiger partial charge on any atom is 0.341 e. The van der Waals surface area contributed by atoms with E-state index in [0.29, 0.717) is 18.8 Å². The van der Waals surface area contributed by atoms with Gasteiger partial charge in [-0.05, 0) is 25.0 Å². The van der Waals surface area contributed by atoms with Gasteiger partial charge in [0.15, 0.2) is 0 Å². The van der Waals surface area contributed by atoms with Crippen molar-refractivity contribution in [3.63, 3.8) is 0 Å². The van der Waals surface area contributed by atoms with Gasteiger partial charge >= 0.3 is 11.9 Å². The Morgan fingerprint density at radius 3 is 2.42 bits per heavy atom. The third-order valence-corrected chi connectivity index (χ3v) is 4.13. The summed E-state index contributed by atoms with van der Waals surface area (Å²) in [5.74, 6) is -3.29. The van der Waals surface area contributed by atoms with E-state index in [0.717, 1.165) is 29.7 Å². The summed E-state index contributed by atoms with van der Waals surface area (Å²) in [6.45, 7) is 0.833. The Morgan fingerprint density at radius 2 is 1.83 bits per heavy atom. The summed E-state index contributed by atoms with van der Waals surface area (Å²) in [6.07, 6.45) is 2.85. The van der Waals surface area contributed by atoms with Gasteiger partial charge < -0.3 is 19.7 Å². The SMILES string of the molecule is O=C(O)Cn1cc(C(=O)O)c(=O)c2cc(F)c(N3CCCC3)cc21. The summed E-state index contributed by atoms with van der Waals surface area (Å²) in [4.78, 5) is 36.4. The lowest BCUT2D eigenvalue weighted by Crippen LogP contribution is -2.23. The molecular formula is C16H15FN2O5. The zero-order valence-electron chi connectivity index (χ0n) is 12.7. The number of halogens is 1. The van der Waals surface area contributed by atoms with Gasteiger partial charge in [-0.1, -0.05) is 0 Å². The number of benzene rings is 1. The van der Waals surface area contributed by atoms with Crippen molar-refractivity contribution in [1.29, 1.82) is 0 Å². The number of carboxylic acid groups (broad SMARTS) is 2. The maximum absolute atomic E-state index is 14.4. The molecule has 2 heterocycles. The van der Waals surface area contributed by atoms with Gasteiger partial charge in [0.1, 0.15) is 17.9 Å². The quantitative estimate of drug-likeness (QED) is 0.879. The first-order valence-corrected chi connectivity index (χ1v) is 7.45. The highest BCUT2D eigenvalue weighted by Gasteiger charge is 2.21. The highest BCUT2D eigenvalue weighted by Crippen LogP contribution is 2.27.